The molecule has 0 aliphatic carbocycles. The largest absolute Gasteiger partial charge is 0.416 e. The second-order valence-corrected chi connectivity index (χ2v) is 4.67. The predicted molar refractivity (Wildman–Crippen MR) is 67.0 cm³/mol. The Kier molecular flexibility index (Phi) is 4.01. The zero-order valence-corrected chi connectivity index (χ0v) is 10.7. The van der Waals surface area contributed by atoms with Gasteiger partial charge in [0.05, 0.1) is 18.2 Å². The van der Waals surface area contributed by atoms with E-state index in [1.54, 1.807) is 0 Å². The first-order valence-electron chi connectivity index (χ1n) is 6.14. The molecule has 2 N–H and O–H groups in total. The molecule has 2 rings (SSSR count). The van der Waals surface area contributed by atoms with E-state index in [1.807, 2.05) is 11.9 Å². The van der Waals surface area contributed by atoms with Gasteiger partial charge in [-0.25, -0.2) is 0 Å². The molecule has 0 aromatic heterocycles. The highest BCUT2D eigenvalue weighted by Crippen LogP contribution is 2.33. The Morgan fingerprint density at radius 3 is 2.68 bits per heavy atom. The molecule has 106 valence electrons. The number of likely N-dealkylation sites (N-methyl/N-ethyl adjacent to an activating group) is 1. The SMILES string of the molecule is CN(c1ccc(C(F)(F)F)cc1CN)C1CCOC1. The third-order valence-electron chi connectivity index (χ3n) is 3.46. The molecule has 1 unspecified atom stereocenters. The number of anilines is 1. The van der Waals surface area contributed by atoms with Gasteiger partial charge in [0.2, 0.25) is 0 Å². The van der Waals surface area contributed by atoms with Gasteiger partial charge in [-0.2, -0.15) is 13.2 Å². The fourth-order valence-corrected chi connectivity index (χ4v) is 2.29. The summed E-state index contributed by atoms with van der Waals surface area (Å²) in [4.78, 5) is 1.95. The van der Waals surface area contributed by atoms with Crippen LogP contribution >= 0.6 is 0 Å². The van der Waals surface area contributed by atoms with Crippen molar-refractivity contribution in [3.8, 4) is 0 Å². The normalized spacial score (nSPS) is 19.7. The second kappa shape index (κ2) is 5.38. The van der Waals surface area contributed by atoms with Crippen LogP contribution in [-0.4, -0.2) is 26.3 Å². The number of hydrogen-bond acceptors (Lipinski definition) is 3. The highest BCUT2D eigenvalue weighted by atomic mass is 19.4. The first-order chi connectivity index (χ1) is 8.93. The number of nitrogens with two attached hydrogens (primary N) is 1. The molecular formula is C13H17F3N2O. The summed E-state index contributed by atoms with van der Waals surface area (Å²) in [6.45, 7) is 1.37. The van der Waals surface area contributed by atoms with Gasteiger partial charge in [0.15, 0.2) is 0 Å². The molecule has 0 bridgehead atoms. The van der Waals surface area contributed by atoms with Gasteiger partial charge in [-0.05, 0) is 30.2 Å². The van der Waals surface area contributed by atoms with E-state index < -0.39 is 11.7 Å². The molecule has 1 fully saturated rings. The first kappa shape index (κ1) is 14.1. The van der Waals surface area contributed by atoms with Crippen molar-refractivity contribution in [1.29, 1.82) is 0 Å². The summed E-state index contributed by atoms with van der Waals surface area (Å²) in [5.41, 5.74) is 6.16. The van der Waals surface area contributed by atoms with Gasteiger partial charge in [-0.15, -0.1) is 0 Å². The van der Waals surface area contributed by atoms with Gasteiger partial charge in [0.1, 0.15) is 0 Å². The van der Waals surface area contributed by atoms with E-state index in [0.717, 1.165) is 24.2 Å². The standard InChI is InChI=1S/C13H17F3N2O/c1-18(11-4-5-19-8-11)12-3-2-10(13(14,15)16)6-9(12)7-17/h2-3,6,11H,4-5,7-8,17H2,1H3. The molecule has 1 heterocycles. The minimum absolute atomic E-state index is 0.0805. The maximum atomic E-state index is 12.7. The second-order valence-electron chi connectivity index (χ2n) is 4.67. The van der Waals surface area contributed by atoms with Crippen LogP contribution in [0.25, 0.3) is 0 Å². The molecule has 0 spiro atoms. The molecule has 1 aliphatic rings. The van der Waals surface area contributed by atoms with Crippen molar-refractivity contribution in [2.75, 3.05) is 25.2 Å². The lowest BCUT2D eigenvalue weighted by atomic mass is 10.1. The maximum absolute atomic E-state index is 12.7. The summed E-state index contributed by atoms with van der Waals surface area (Å²) >= 11 is 0. The number of hydrogen-bond donors (Lipinski definition) is 1. The third-order valence-corrected chi connectivity index (χ3v) is 3.46. The highest BCUT2D eigenvalue weighted by molar-refractivity contribution is 5.55. The van der Waals surface area contributed by atoms with Crippen LogP contribution in [0, 0.1) is 0 Å². The molecule has 3 nitrogen and oxygen atoms in total. The van der Waals surface area contributed by atoms with Crippen LogP contribution < -0.4 is 10.6 Å². The van der Waals surface area contributed by atoms with Crippen molar-refractivity contribution in [1.82, 2.24) is 0 Å². The van der Waals surface area contributed by atoms with E-state index in [1.165, 1.54) is 6.07 Å². The quantitative estimate of drug-likeness (QED) is 0.919. The number of halogens is 3. The molecule has 1 atom stereocenters. The number of benzene rings is 1. The van der Waals surface area contributed by atoms with Crippen LogP contribution in [0.15, 0.2) is 18.2 Å². The molecule has 0 saturated carbocycles. The maximum Gasteiger partial charge on any atom is 0.416 e. The molecule has 6 heteroatoms. The van der Waals surface area contributed by atoms with Gasteiger partial charge in [0, 0.05) is 25.9 Å². The fraction of sp³-hybridized carbons (Fsp3) is 0.538. The Morgan fingerprint density at radius 1 is 1.42 bits per heavy atom. The van der Waals surface area contributed by atoms with Gasteiger partial charge in [0.25, 0.3) is 0 Å². The Bertz CT molecular complexity index is 442. The molecular weight excluding hydrogens is 257 g/mol. The summed E-state index contributed by atoms with van der Waals surface area (Å²) in [6.07, 6.45) is -3.46. The average Bonchev–Trinajstić information content (AvgIpc) is 2.90. The van der Waals surface area contributed by atoms with E-state index in [0.29, 0.717) is 18.8 Å². The molecule has 1 aliphatic heterocycles. The van der Waals surface area contributed by atoms with E-state index in [2.05, 4.69) is 0 Å². The lowest BCUT2D eigenvalue weighted by molar-refractivity contribution is -0.137. The van der Waals surface area contributed by atoms with Crippen molar-refractivity contribution in [2.45, 2.75) is 25.2 Å². The van der Waals surface area contributed by atoms with Crippen molar-refractivity contribution in [3.63, 3.8) is 0 Å². The van der Waals surface area contributed by atoms with Crippen LogP contribution in [0.4, 0.5) is 18.9 Å². The van der Waals surface area contributed by atoms with Crippen LogP contribution in [-0.2, 0) is 17.5 Å². The molecule has 19 heavy (non-hydrogen) atoms. The molecule has 1 aromatic rings. The molecule has 1 aromatic carbocycles. The van der Waals surface area contributed by atoms with E-state index in [9.17, 15) is 13.2 Å². The summed E-state index contributed by atoms with van der Waals surface area (Å²) < 4.78 is 43.3. The van der Waals surface area contributed by atoms with Gasteiger partial charge in [-0.3, -0.25) is 0 Å². The Balaban J connectivity index is 2.30. The van der Waals surface area contributed by atoms with Gasteiger partial charge in [-0.1, -0.05) is 0 Å². The van der Waals surface area contributed by atoms with E-state index in [-0.39, 0.29) is 12.6 Å². The molecule has 0 radical (unpaired) electrons. The lowest BCUT2D eigenvalue weighted by Gasteiger charge is -2.28. The predicted octanol–water partition coefficient (Wildman–Crippen LogP) is 2.39. The smallest absolute Gasteiger partial charge is 0.379 e. The van der Waals surface area contributed by atoms with Crippen molar-refractivity contribution in [2.24, 2.45) is 5.73 Å². The van der Waals surface area contributed by atoms with Crippen molar-refractivity contribution < 1.29 is 17.9 Å². The molecule has 0 amide bonds. The average molecular weight is 274 g/mol. The summed E-state index contributed by atoms with van der Waals surface area (Å²) in [5.74, 6) is 0. The Morgan fingerprint density at radius 2 is 2.16 bits per heavy atom. The van der Waals surface area contributed by atoms with E-state index in [4.69, 9.17) is 10.5 Å². The van der Waals surface area contributed by atoms with Gasteiger partial charge < -0.3 is 15.4 Å². The lowest BCUT2D eigenvalue weighted by Crippen LogP contribution is -2.32. The zero-order valence-electron chi connectivity index (χ0n) is 10.7. The number of alkyl halides is 3. The van der Waals surface area contributed by atoms with E-state index >= 15 is 0 Å². The van der Waals surface area contributed by atoms with Crippen molar-refractivity contribution >= 4 is 5.69 Å². The zero-order chi connectivity index (χ0) is 14.0. The summed E-state index contributed by atoms with van der Waals surface area (Å²) in [6, 6.07) is 3.91. The van der Waals surface area contributed by atoms with Crippen LogP contribution in [0.3, 0.4) is 0 Å². The number of rotatable bonds is 3. The topological polar surface area (TPSA) is 38.5 Å². The van der Waals surface area contributed by atoms with Gasteiger partial charge >= 0.3 is 6.18 Å². The Labute approximate surface area is 110 Å². The minimum atomic E-state index is -4.34. The van der Waals surface area contributed by atoms with Crippen LogP contribution in [0.1, 0.15) is 17.5 Å². The number of ether oxygens (including phenoxy) is 1. The third kappa shape index (κ3) is 3.01. The van der Waals surface area contributed by atoms with Crippen molar-refractivity contribution in [3.05, 3.63) is 29.3 Å². The minimum Gasteiger partial charge on any atom is -0.379 e. The summed E-state index contributed by atoms with van der Waals surface area (Å²) in [5, 5.41) is 0. The Hall–Kier alpha value is -1.27. The molecule has 1 saturated heterocycles. The van der Waals surface area contributed by atoms with Crippen LogP contribution in [0.5, 0.6) is 0 Å². The number of nitrogens with zero attached hydrogens (tertiary/aromatic N) is 1. The first-order valence-corrected chi connectivity index (χ1v) is 6.14. The highest BCUT2D eigenvalue weighted by Gasteiger charge is 2.31. The van der Waals surface area contributed by atoms with Crippen LogP contribution in [0.2, 0.25) is 0 Å². The fourth-order valence-electron chi connectivity index (χ4n) is 2.29. The monoisotopic (exact) mass is 274 g/mol. The summed E-state index contributed by atoms with van der Waals surface area (Å²) in [7, 11) is 1.86.